The Balaban J connectivity index is 1.93. The molecular formula is C15H23NO2. The first kappa shape index (κ1) is 13.4. The fourth-order valence-electron chi connectivity index (χ4n) is 2.58. The van der Waals surface area contributed by atoms with Crippen LogP contribution in [-0.2, 0) is 6.42 Å². The average Bonchev–Trinajstić information content (AvgIpc) is 2.41. The Morgan fingerprint density at radius 1 is 1.39 bits per heavy atom. The largest absolute Gasteiger partial charge is 0.497 e. The molecule has 100 valence electrons. The summed E-state index contributed by atoms with van der Waals surface area (Å²) in [7, 11) is 1.68. The van der Waals surface area contributed by atoms with Gasteiger partial charge in [0, 0.05) is 6.54 Å². The standard InChI is InChI=1S/C15H23NO2/c1-12-11-16-10-9-15(12,17)8-7-13-3-5-14(18-2)6-4-13/h3-6,12,16-17H,7-11H2,1-2H3. The van der Waals surface area contributed by atoms with E-state index in [0.717, 1.165) is 38.1 Å². The minimum atomic E-state index is -0.509. The Morgan fingerprint density at radius 2 is 2.11 bits per heavy atom. The summed E-state index contributed by atoms with van der Waals surface area (Å²) in [6.07, 6.45) is 2.61. The van der Waals surface area contributed by atoms with Gasteiger partial charge in [-0.1, -0.05) is 19.1 Å². The van der Waals surface area contributed by atoms with Crippen LogP contribution in [0.4, 0.5) is 0 Å². The quantitative estimate of drug-likeness (QED) is 0.857. The molecule has 2 atom stereocenters. The summed E-state index contributed by atoms with van der Waals surface area (Å²) in [5, 5.41) is 14.0. The molecule has 3 nitrogen and oxygen atoms in total. The molecule has 1 aromatic rings. The van der Waals surface area contributed by atoms with Crippen LogP contribution in [0.25, 0.3) is 0 Å². The summed E-state index contributed by atoms with van der Waals surface area (Å²) in [4.78, 5) is 0. The summed E-state index contributed by atoms with van der Waals surface area (Å²) >= 11 is 0. The van der Waals surface area contributed by atoms with Crippen molar-refractivity contribution in [2.75, 3.05) is 20.2 Å². The van der Waals surface area contributed by atoms with Gasteiger partial charge in [0.1, 0.15) is 5.75 Å². The van der Waals surface area contributed by atoms with Crippen molar-refractivity contribution in [1.82, 2.24) is 5.32 Å². The SMILES string of the molecule is COc1ccc(CCC2(O)CCNCC2C)cc1. The molecule has 0 aromatic heterocycles. The first-order chi connectivity index (χ1) is 8.64. The fourth-order valence-corrected chi connectivity index (χ4v) is 2.58. The van der Waals surface area contributed by atoms with Crippen LogP contribution >= 0.6 is 0 Å². The summed E-state index contributed by atoms with van der Waals surface area (Å²) in [5.41, 5.74) is 0.750. The molecule has 1 aromatic carbocycles. The fraction of sp³-hybridized carbons (Fsp3) is 0.600. The minimum Gasteiger partial charge on any atom is -0.497 e. The lowest BCUT2D eigenvalue weighted by molar-refractivity contribution is -0.0401. The van der Waals surface area contributed by atoms with Crippen molar-refractivity contribution in [1.29, 1.82) is 0 Å². The van der Waals surface area contributed by atoms with Crippen LogP contribution in [0.2, 0.25) is 0 Å². The highest BCUT2D eigenvalue weighted by Crippen LogP contribution is 2.29. The Labute approximate surface area is 109 Å². The number of hydrogen-bond acceptors (Lipinski definition) is 3. The molecule has 2 N–H and O–H groups in total. The van der Waals surface area contributed by atoms with Gasteiger partial charge in [-0.05, 0) is 49.4 Å². The zero-order valence-corrected chi connectivity index (χ0v) is 11.3. The number of piperidine rings is 1. The van der Waals surface area contributed by atoms with Crippen LogP contribution in [0, 0.1) is 5.92 Å². The number of rotatable bonds is 4. The van der Waals surface area contributed by atoms with Crippen LogP contribution in [-0.4, -0.2) is 30.9 Å². The van der Waals surface area contributed by atoms with Crippen molar-refractivity contribution in [2.45, 2.75) is 31.8 Å². The smallest absolute Gasteiger partial charge is 0.118 e. The zero-order chi connectivity index (χ0) is 13.0. The van der Waals surface area contributed by atoms with E-state index in [1.807, 2.05) is 12.1 Å². The van der Waals surface area contributed by atoms with Gasteiger partial charge in [-0.15, -0.1) is 0 Å². The van der Waals surface area contributed by atoms with E-state index in [9.17, 15) is 5.11 Å². The maximum Gasteiger partial charge on any atom is 0.118 e. The monoisotopic (exact) mass is 249 g/mol. The first-order valence-corrected chi connectivity index (χ1v) is 6.70. The van der Waals surface area contributed by atoms with E-state index in [1.54, 1.807) is 7.11 Å². The molecule has 0 amide bonds. The predicted molar refractivity (Wildman–Crippen MR) is 72.9 cm³/mol. The molecule has 0 saturated carbocycles. The minimum absolute atomic E-state index is 0.324. The third-order valence-electron chi connectivity index (χ3n) is 4.11. The second-order valence-electron chi connectivity index (χ2n) is 5.31. The predicted octanol–water partition coefficient (Wildman–Crippen LogP) is 1.99. The van der Waals surface area contributed by atoms with E-state index < -0.39 is 5.60 Å². The highest BCUT2D eigenvalue weighted by molar-refractivity contribution is 5.27. The van der Waals surface area contributed by atoms with E-state index in [4.69, 9.17) is 4.74 Å². The lowest BCUT2D eigenvalue weighted by Gasteiger charge is -2.38. The summed E-state index contributed by atoms with van der Waals surface area (Å²) < 4.78 is 5.14. The van der Waals surface area contributed by atoms with Crippen molar-refractivity contribution < 1.29 is 9.84 Å². The Morgan fingerprint density at radius 3 is 2.72 bits per heavy atom. The van der Waals surface area contributed by atoms with Crippen molar-refractivity contribution in [3.8, 4) is 5.75 Å². The molecule has 0 bridgehead atoms. The maximum absolute atomic E-state index is 10.6. The molecule has 0 spiro atoms. The van der Waals surface area contributed by atoms with Gasteiger partial charge < -0.3 is 15.2 Å². The molecular weight excluding hydrogens is 226 g/mol. The molecule has 1 heterocycles. The molecule has 2 rings (SSSR count). The summed E-state index contributed by atoms with van der Waals surface area (Å²) in [5.74, 6) is 1.21. The van der Waals surface area contributed by atoms with E-state index >= 15 is 0 Å². The number of ether oxygens (including phenoxy) is 1. The average molecular weight is 249 g/mol. The second kappa shape index (κ2) is 5.72. The van der Waals surface area contributed by atoms with Crippen molar-refractivity contribution in [2.24, 2.45) is 5.92 Å². The molecule has 1 aliphatic heterocycles. The maximum atomic E-state index is 10.6. The van der Waals surface area contributed by atoms with Crippen molar-refractivity contribution in [3.05, 3.63) is 29.8 Å². The van der Waals surface area contributed by atoms with Crippen molar-refractivity contribution >= 4 is 0 Å². The number of aliphatic hydroxyl groups is 1. The normalized spacial score (nSPS) is 28.1. The molecule has 18 heavy (non-hydrogen) atoms. The zero-order valence-electron chi connectivity index (χ0n) is 11.3. The number of hydrogen-bond donors (Lipinski definition) is 2. The Kier molecular flexibility index (Phi) is 4.25. The molecule has 2 unspecified atom stereocenters. The summed E-state index contributed by atoms with van der Waals surface area (Å²) in [6.45, 7) is 3.96. The van der Waals surface area contributed by atoms with Crippen LogP contribution in [0.15, 0.2) is 24.3 Å². The van der Waals surface area contributed by atoms with Crippen LogP contribution in [0.3, 0.4) is 0 Å². The van der Waals surface area contributed by atoms with Crippen molar-refractivity contribution in [3.63, 3.8) is 0 Å². The number of nitrogens with one attached hydrogen (secondary N) is 1. The van der Waals surface area contributed by atoms with Gasteiger partial charge >= 0.3 is 0 Å². The first-order valence-electron chi connectivity index (χ1n) is 6.70. The van der Waals surface area contributed by atoms with Gasteiger partial charge in [0.25, 0.3) is 0 Å². The molecule has 3 heteroatoms. The molecule has 1 fully saturated rings. The highest BCUT2D eigenvalue weighted by atomic mass is 16.5. The lowest BCUT2D eigenvalue weighted by atomic mass is 9.79. The van der Waals surface area contributed by atoms with Crippen LogP contribution in [0.5, 0.6) is 5.75 Å². The molecule has 0 aliphatic carbocycles. The second-order valence-corrected chi connectivity index (χ2v) is 5.31. The number of aryl methyl sites for hydroxylation is 1. The van der Waals surface area contributed by atoms with Crippen LogP contribution < -0.4 is 10.1 Å². The Bertz CT molecular complexity index is 377. The van der Waals surface area contributed by atoms with E-state index in [0.29, 0.717) is 5.92 Å². The molecule has 0 radical (unpaired) electrons. The van der Waals surface area contributed by atoms with E-state index in [1.165, 1.54) is 5.56 Å². The van der Waals surface area contributed by atoms with Gasteiger partial charge in [0.15, 0.2) is 0 Å². The highest BCUT2D eigenvalue weighted by Gasteiger charge is 2.35. The van der Waals surface area contributed by atoms with Crippen LogP contribution in [0.1, 0.15) is 25.3 Å². The van der Waals surface area contributed by atoms with Gasteiger partial charge in [0.05, 0.1) is 12.7 Å². The molecule has 1 saturated heterocycles. The number of benzene rings is 1. The topological polar surface area (TPSA) is 41.5 Å². The molecule has 1 aliphatic rings. The third kappa shape index (κ3) is 3.03. The van der Waals surface area contributed by atoms with E-state index in [2.05, 4.69) is 24.4 Å². The Hall–Kier alpha value is -1.06. The van der Waals surface area contributed by atoms with Gasteiger partial charge in [-0.25, -0.2) is 0 Å². The van der Waals surface area contributed by atoms with Gasteiger partial charge in [0.2, 0.25) is 0 Å². The van der Waals surface area contributed by atoms with Gasteiger partial charge in [-0.2, -0.15) is 0 Å². The third-order valence-corrected chi connectivity index (χ3v) is 4.11. The summed E-state index contributed by atoms with van der Waals surface area (Å²) in [6, 6.07) is 8.11. The number of methoxy groups -OCH3 is 1. The lowest BCUT2D eigenvalue weighted by Crippen LogP contribution is -2.49. The van der Waals surface area contributed by atoms with E-state index in [-0.39, 0.29) is 0 Å². The van der Waals surface area contributed by atoms with Gasteiger partial charge in [-0.3, -0.25) is 0 Å².